The summed E-state index contributed by atoms with van der Waals surface area (Å²) in [5, 5.41) is 2.84. The van der Waals surface area contributed by atoms with Gasteiger partial charge in [0, 0.05) is 5.75 Å². The maximum atomic E-state index is 12.6. The third kappa shape index (κ3) is 4.42. The number of carbonyl (C=O) groups is 2. The van der Waals surface area contributed by atoms with E-state index in [0.29, 0.717) is 17.2 Å². The molecular weight excluding hydrogens is 364 g/mol. The van der Waals surface area contributed by atoms with Crippen molar-refractivity contribution >= 4 is 29.5 Å². The zero-order chi connectivity index (χ0) is 19.4. The van der Waals surface area contributed by atoms with E-state index in [1.165, 1.54) is 7.11 Å². The molecule has 1 aromatic carbocycles. The molecule has 0 spiro atoms. The largest absolute Gasteiger partial charge is 0.468 e. The van der Waals surface area contributed by atoms with Crippen LogP contribution in [0.5, 0.6) is 0 Å². The third-order valence-electron chi connectivity index (χ3n) is 4.52. The number of hydrogen-bond donors (Lipinski definition) is 1. The lowest BCUT2D eigenvalue weighted by Gasteiger charge is -2.31. The second-order valence-corrected chi connectivity index (χ2v) is 7.45. The Labute approximate surface area is 162 Å². The van der Waals surface area contributed by atoms with Gasteiger partial charge in [0.25, 0.3) is 0 Å². The summed E-state index contributed by atoms with van der Waals surface area (Å²) < 4.78 is 10.4. The molecule has 27 heavy (non-hydrogen) atoms. The van der Waals surface area contributed by atoms with E-state index in [1.807, 2.05) is 44.2 Å². The van der Waals surface area contributed by atoms with Gasteiger partial charge in [0.05, 0.1) is 30.9 Å². The monoisotopic (exact) mass is 386 g/mol. The summed E-state index contributed by atoms with van der Waals surface area (Å²) in [6, 6.07) is 8.77. The molecule has 3 rings (SSSR count). The number of nitrogens with zero attached hydrogens (tertiary/aromatic N) is 1. The lowest BCUT2D eigenvalue weighted by atomic mass is 9.85. The second kappa shape index (κ2) is 8.43. The number of rotatable bonds is 6. The number of urea groups is 1. The van der Waals surface area contributed by atoms with E-state index >= 15 is 0 Å². The van der Waals surface area contributed by atoms with Gasteiger partial charge in [-0.1, -0.05) is 23.8 Å². The minimum atomic E-state index is -0.655. The lowest BCUT2D eigenvalue weighted by molar-refractivity contribution is -0.143. The molecule has 0 bridgehead atoms. The average Bonchev–Trinajstić information content (AvgIpc) is 3.16. The summed E-state index contributed by atoms with van der Waals surface area (Å²) in [5.41, 5.74) is 3.49. The molecule has 1 N–H and O–H groups in total. The van der Waals surface area contributed by atoms with Crippen molar-refractivity contribution < 1.29 is 18.7 Å². The standard InChI is InChI=1S/C20H22N2O4S/c1-12-6-7-13(2)15(9-12)18-17(19(23)25-3)16(21-20(24)22-18)11-27-10-14-5-4-8-26-14/h4-9,17-18H,10-11H2,1-3H3,(H,22,24). The van der Waals surface area contributed by atoms with Crippen molar-refractivity contribution in [2.24, 2.45) is 10.9 Å². The summed E-state index contributed by atoms with van der Waals surface area (Å²) in [7, 11) is 1.35. The molecule has 0 radical (unpaired) electrons. The smallest absolute Gasteiger partial charge is 0.341 e. The van der Waals surface area contributed by atoms with Gasteiger partial charge in [-0.25, -0.2) is 9.79 Å². The van der Waals surface area contributed by atoms with Crippen molar-refractivity contribution in [2.45, 2.75) is 25.6 Å². The zero-order valence-corrected chi connectivity index (χ0v) is 16.3. The number of furan rings is 1. The number of hydrogen-bond acceptors (Lipinski definition) is 5. The fraction of sp³-hybridized carbons (Fsp3) is 0.350. The van der Waals surface area contributed by atoms with Crippen molar-refractivity contribution in [3.05, 3.63) is 59.0 Å². The number of thioether (sulfide) groups is 1. The predicted octanol–water partition coefficient (Wildman–Crippen LogP) is 3.82. The molecule has 2 unspecified atom stereocenters. The summed E-state index contributed by atoms with van der Waals surface area (Å²) in [5.74, 6) is 0.849. The van der Waals surface area contributed by atoms with Gasteiger partial charge in [0.15, 0.2) is 0 Å². The highest BCUT2D eigenvalue weighted by molar-refractivity contribution is 7.99. The average molecular weight is 386 g/mol. The summed E-state index contributed by atoms with van der Waals surface area (Å²) in [4.78, 5) is 28.9. The number of ether oxygens (including phenoxy) is 1. The molecule has 6 nitrogen and oxygen atoms in total. The fourth-order valence-electron chi connectivity index (χ4n) is 3.17. The van der Waals surface area contributed by atoms with Crippen molar-refractivity contribution in [3.63, 3.8) is 0 Å². The molecule has 1 aromatic heterocycles. The Morgan fingerprint density at radius 2 is 2.11 bits per heavy atom. The number of nitrogens with one attached hydrogen (secondary N) is 1. The first-order chi connectivity index (χ1) is 13.0. The van der Waals surface area contributed by atoms with Crippen LogP contribution in [0.3, 0.4) is 0 Å². The molecule has 1 aliphatic heterocycles. The van der Waals surface area contributed by atoms with Crippen LogP contribution in [0, 0.1) is 19.8 Å². The van der Waals surface area contributed by atoms with Crippen LogP contribution in [-0.4, -0.2) is 30.6 Å². The van der Waals surface area contributed by atoms with Gasteiger partial charge in [-0.15, -0.1) is 11.8 Å². The van der Waals surface area contributed by atoms with Crippen LogP contribution in [0.4, 0.5) is 4.79 Å². The van der Waals surface area contributed by atoms with Gasteiger partial charge in [-0.3, -0.25) is 4.79 Å². The Morgan fingerprint density at radius 3 is 2.81 bits per heavy atom. The van der Waals surface area contributed by atoms with Gasteiger partial charge >= 0.3 is 12.0 Å². The van der Waals surface area contributed by atoms with Crippen LogP contribution in [-0.2, 0) is 15.3 Å². The predicted molar refractivity (Wildman–Crippen MR) is 105 cm³/mol. The fourth-order valence-corrected chi connectivity index (χ4v) is 4.09. The summed E-state index contributed by atoms with van der Waals surface area (Å²) in [6.45, 7) is 3.95. The third-order valence-corrected chi connectivity index (χ3v) is 5.50. The first-order valence-corrected chi connectivity index (χ1v) is 9.78. The van der Waals surface area contributed by atoms with Gasteiger partial charge in [-0.05, 0) is 37.1 Å². The first-order valence-electron chi connectivity index (χ1n) is 8.62. The lowest BCUT2D eigenvalue weighted by Crippen LogP contribution is -2.46. The summed E-state index contributed by atoms with van der Waals surface area (Å²) >= 11 is 1.54. The highest BCUT2D eigenvalue weighted by Gasteiger charge is 2.40. The van der Waals surface area contributed by atoms with E-state index in [9.17, 15) is 9.59 Å². The minimum Gasteiger partial charge on any atom is -0.468 e. The number of methoxy groups -OCH3 is 1. The van der Waals surface area contributed by atoms with Crippen LogP contribution in [0.25, 0.3) is 0 Å². The van der Waals surface area contributed by atoms with Crippen molar-refractivity contribution in [3.8, 4) is 0 Å². The summed E-state index contributed by atoms with van der Waals surface area (Å²) in [6.07, 6.45) is 1.62. The topological polar surface area (TPSA) is 80.9 Å². The molecule has 142 valence electrons. The molecule has 0 saturated carbocycles. The molecule has 2 amide bonds. The van der Waals surface area contributed by atoms with Crippen LogP contribution in [0.1, 0.15) is 28.5 Å². The van der Waals surface area contributed by atoms with Crippen LogP contribution in [0.2, 0.25) is 0 Å². The zero-order valence-electron chi connectivity index (χ0n) is 15.5. The number of aryl methyl sites for hydroxylation is 2. The van der Waals surface area contributed by atoms with Gasteiger partial charge in [0.1, 0.15) is 11.7 Å². The van der Waals surface area contributed by atoms with E-state index in [0.717, 1.165) is 22.5 Å². The number of benzene rings is 1. The van der Waals surface area contributed by atoms with Crippen LogP contribution < -0.4 is 5.32 Å². The second-order valence-electron chi connectivity index (χ2n) is 6.46. The SMILES string of the molecule is COC(=O)C1C(CSCc2ccco2)=NC(=O)NC1c1cc(C)ccc1C. The molecular formula is C20H22N2O4S. The quantitative estimate of drug-likeness (QED) is 0.763. The van der Waals surface area contributed by atoms with Gasteiger partial charge in [0.2, 0.25) is 0 Å². The van der Waals surface area contributed by atoms with E-state index in [4.69, 9.17) is 9.15 Å². The van der Waals surface area contributed by atoms with Crippen LogP contribution >= 0.6 is 11.8 Å². The van der Waals surface area contributed by atoms with E-state index in [2.05, 4.69) is 10.3 Å². The minimum absolute atomic E-state index is 0.404. The van der Waals surface area contributed by atoms with E-state index < -0.39 is 24.0 Å². The van der Waals surface area contributed by atoms with E-state index in [-0.39, 0.29) is 0 Å². The molecule has 2 atom stereocenters. The molecule has 0 fully saturated rings. The highest BCUT2D eigenvalue weighted by Crippen LogP contribution is 2.32. The van der Waals surface area contributed by atoms with Crippen molar-refractivity contribution in [1.82, 2.24) is 5.32 Å². The molecule has 0 aliphatic carbocycles. The van der Waals surface area contributed by atoms with Crippen molar-refractivity contribution in [1.29, 1.82) is 0 Å². The Bertz CT molecular complexity index is 861. The number of esters is 1. The Kier molecular flexibility index (Phi) is 6.01. The Hall–Kier alpha value is -2.54. The number of carbonyl (C=O) groups excluding carboxylic acids is 2. The molecule has 1 aliphatic rings. The molecule has 7 heteroatoms. The first kappa shape index (κ1) is 19.2. The molecule has 2 aromatic rings. The van der Waals surface area contributed by atoms with E-state index in [1.54, 1.807) is 18.0 Å². The number of amides is 2. The maximum absolute atomic E-state index is 12.6. The van der Waals surface area contributed by atoms with Crippen molar-refractivity contribution in [2.75, 3.05) is 12.9 Å². The molecule has 2 heterocycles. The normalized spacial score (nSPS) is 19.4. The van der Waals surface area contributed by atoms with Gasteiger partial charge in [-0.2, -0.15) is 0 Å². The highest BCUT2D eigenvalue weighted by atomic mass is 32.2. The van der Waals surface area contributed by atoms with Crippen LogP contribution in [0.15, 0.2) is 46.0 Å². The number of aliphatic imine (C=N–C) groups is 1. The maximum Gasteiger partial charge on any atom is 0.341 e. The molecule has 0 saturated heterocycles. The van der Waals surface area contributed by atoms with Gasteiger partial charge < -0.3 is 14.5 Å². The Morgan fingerprint density at radius 1 is 1.30 bits per heavy atom. The Balaban J connectivity index is 1.87.